The molecular weight excluding hydrogens is 228 g/mol. The third-order valence-electron chi connectivity index (χ3n) is 3.68. The number of carbonyl (C=O) groups is 1. The van der Waals surface area contributed by atoms with Crippen LogP contribution >= 0.6 is 0 Å². The molecule has 0 amide bonds. The van der Waals surface area contributed by atoms with E-state index in [1.807, 2.05) is 13.0 Å². The number of nitrogens with one attached hydrogen (secondary N) is 1. The van der Waals surface area contributed by atoms with Crippen LogP contribution in [0.25, 0.3) is 0 Å². The van der Waals surface area contributed by atoms with Crippen LogP contribution in [0.3, 0.4) is 0 Å². The smallest absolute Gasteiger partial charge is 0.337 e. The van der Waals surface area contributed by atoms with Crippen molar-refractivity contribution in [2.24, 2.45) is 5.92 Å². The Kier molecular flexibility index (Phi) is 3.45. The number of nitrogen functional groups attached to an aromatic ring is 1. The zero-order valence-electron chi connectivity index (χ0n) is 10.9. The van der Waals surface area contributed by atoms with Crippen LogP contribution in [0.4, 0.5) is 11.4 Å². The summed E-state index contributed by atoms with van der Waals surface area (Å²) in [6, 6.07) is 4.00. The van der Waals surface area contributed by atoms with Gasteiger partial charge in [-0.25, -0.2) is 4.79 Å². The molecule has 2 atom stereocenters. The van der Waals surface area contributed by atoms with Gasteiger partial charge in [-0.05, 0) is 49.8 Å². The summed E-state index contributed by atoms with van der Waals surface area (Å²) in [5.41, 5.74) is 7.98. The van der Waals surface area contributed by atoms with Crippen molar-refractivity contribution in [1.82, 2.24) is 0 Å². The van der Waals surface area contributed by atoms with E-state index < -0.39 is 5.97 Å². The number of hydrogen-bond donors (Lipinski definition) is 3. The van der Waals surface area contributed by atoms with E-state index >= 15 is 0 Å². The first kappa shape index (κ1) is 12.7. The molecule has 4 nitrogen and oxygen atoms in total. The van der Waals surface area contributed by atoms with Crippen molar-refractivity contribution in [3.8, 4) is 0 Å². The molecule has 18 heavy (non-hydrogen) atoms. The SMILES string of the molecule is Cc1cc(NC2CCC(C)C2)cc(C(=O)O)c1N. The maximum absolute atomic E-state index is 11.1. The van der Waals surface area contributed by atoms with Crippen LogP contribution in [0.15, 0.2) is 12.1 Å². The van der Waals surface area contributed by atoms with Gasteiger partial charge in [-0.3, -0.25) is 0 Å². The monoisotopic (exact) mass is 248 g/mol. The Bertz CT molecular complexity index is 471. The van der Waals surface area contributed by atoms with Crippen molar-refractivity contribution in [3.05, 3.63) is 23.3 Å². The molecule has 1 aromatic rings. The maximum Gasteiger partial charge on any atom is 0.337 e. The number of hydrogen-bond acceptors (Lipinski definition) is 3. The Morgan fingerprint density at radius 2 is 2.17 bits per heavy atom. The van der Waals surface area contributed by atoms with Gasteiger partial charge in [0.15, 0.2) is 0 Å². The van der Waals surface area contributed by atoms with E-state index in [9.17, 15) is 4.79 Å². The van der Waals surface area contributed by atoms with Gasteiger partial charge in [-0.1, -0.05) is 6.92 Å². The minimum Gasteiger partial charge on any atom is -0.478 e. The number of aromatic carboxylic acids is 1. The van der Waals surface area contributed by atoms with Gasteiger partial charge >= 0.3 is 5.97 Å². The lowest BCUT2D eigenvalue weighted by molar-refractivity contribution is 0.0698. The predicted molar refractivity (Wildman–Crippen MR) is 73.0 cm³/mol. The van der Waals surface area contributed by atoms with Crippen molar-refractivity contribution in [2.45, 2.75) is 39.2 Å². The van der Waals surface area contributed by atoms with Crippen LogP contribution in [0, 0.1) is 12.8 Å². The van der Waals surface area contributed by atoms with Crippen LogP contribution in [-0.2, 0) is 0 Å². The van der Waals surface area contributed by atoms with Gasteiger partial charge in [0.2, 0.25) is 0 Å². The zero-order chi connectivity index (χ0) is 13.3. The van der Waals surface area contributed by atoms with Gasteiger partial charge < -0.3 is 16.2 Å². The first-order valence-electron chi connectivity index (χ1n) is 6.37. The van der Waals surface area contributed by atoms with Gasteiger partial charge in [0.1, 0.15) is 0 Å². The van der Waals surface area contributed by atoms with Gasteiger partial charge in [-0.2, -0.15) is 0 Å². The summed E-state index contributed by atoms with van der Waals surface area (Å²) < 4.78 is 0. The summed E-state index contributed by atoms with van der Waals surface area (Å²) in [4.78, 5) is 11.1. The summed E-state index contributed by atoms with van der Waals surface area (Å²) >= 11 is 0. The van der Waals surface area contributed by atoms with E-state index in [2.05, 4.69) is 12.2 Å². The minimum atomic E-state index is -0.973. The second-order valence-electron chi connectivity index (χ2n) is 5.32. The lowest BCUT2D eigenvalue weighted by Crippen LogP contribution is -2.16. The standard InChI is InChI=1S/C14H20N2O2/c1-8-3-4-10(5-8)16-11-6-9(2)13(15)12(7-11)14(17)18/h6-8,10,16H,3-5,15H2,1-2H3,(H,17,18). The lowest BCUT2D eigenvalue weighted by atomic mass is 10.1. The lowest BCUT2D eigenvalue weighted by Gasteiger charge is -2.16. The van der Waals surface area contributed by atoms with Gasteiger partial charge in [0.25, 0.3) is 0 Å². The molecule has 0 aliphatic heterocycles. The molecule has 2 rings (SSSR count). The van der Waals surface area contributed by atoms with Crippen LogP contribution in [0.1, 0.15) is 42.1 Å². The fourth-order valence-electron chi connectivity index (χ4n) is 2.63. The van der Waals surface area contributed by atoms with Crippen LogP contribution in [0.2, 0.25) is 0 Å². The van der Waals surface area contributed by atoms with Crippen LogP contribution < -0.4 is 11.1 Å². The van der Waals surface area contributed by atoms with Crippen molar-refractivity contribution in [3.63, 3.8) is 0 Å². The third-order valence-corrected chi connectivity index (χ3v) is 3.68. The first-order valence-corrected chi connectivity index (χ1v) is 6.37. The fraction of sp³-hybridized carbons (Fsp3) is 0.500. The third kappa shape index (κ3) is 2.58. The van der Waals surface area contributed by atoms with Crippen molar-refractivity contribution >= 4 is 17.3 Å². The average Bonchev–Trinajstić information content (AvgIpc) is 2.68. The Morgan fingerprint density at radius 3 is 2.72 bits per heavy atom. The van der Waals surface area contributed by atoms with Crippen molar-refractivity contribution in [1.29, 1.82) is 0 Å². The van der Waals surface area contributed by atoms with Crippen molar-refractivity contribution in [2.75, 3.05) is 11.1 Å². The number of rotatable bonds is 3. The second kappa shape index (κ2) is 4.88. The highest BCUT2D eigenvalue weighted by molar-refractivity contribution is 5.95. The highest BCUT2D eigenvalue weighted by Gasteiger charge is 2.21. The van der Waals surface area contributed by atoms with Crippen LogP contribution in [-0.4, -0.2) is 17.1 Å². The quantitative estimate of drug-likeness (QED) is 0.719. The molecule has 0 aromatic heterocycles. The Labute approximate surface area is 107 Å². The summed E-state index contributed by atoms with van der Waals surface area (Å²) in [7, 11) is 0. The fourth-order valence-corrected chi connectivity index (χ4v) is 2.63. The number of anilines is 2. The summed E-state index contributed by atoms with van der Waals surface area (Å²) in [6.07, 6.45) is 3.52. The maximum atomic E-state index is 11.1. The number of benzene rings is 1. The molecule has 1 aliphatic carbocycles. The Morgan fingerprint density at radius 1 is 1.44 bits per heavy atom. The highest BCUT2D eigenvalue weighted by atomic mass is 16.4. The van der Waals surface area contributed by atoms with Crippen molar-refractivity contribution < 1.29 is 9.90 Å². The van der Waals surface area contributed by atoms with E-state index in [4.69, 9.17) is 10.8 Å². The van der Waals surface area contributed by atoms with E-state index in [-0.39, 0.29) is 5.56 Å². The van der Waals surface area contributed by atoms with E-state index in [1.54, 1.807) is 6.07 Å². The Hall–Kier alpha value is -1.71. The van der Waals surface area contributed by atoms with E-state index in [1.165, 1.54) is 6.42 Å². The molecule has 1 aromatic carbocycles. The molecule has 0 radical (unpaired) electrons. The minimum absolute atomic E-state index is 0.184. The number of carboxylic acids is 1. The highest BCUT2D eigenvalue weighted by Crippen LogP contribution is 2.29. The molecular formula is C14H20N2O2. The second-order valence-corrected chi connectivity index (χ2v) is 5.32. The topological polar surface area (TPSA) is 75.3 Å². The first-order chi connectivity index (χ1) is 8.47. The normalized spacial score (nSPS) is 23.0. The summed E-state index contributed by atoms with van der Waals surface area (Å²) in [5, 5.41) is 12.5. The molecule has 4 heteroatoms. The molecule has 0 bridgehead atoms. The van der Waals surface area contributed by atoms with E-state index in [0.29, 0.717) is 11.7 Å². The average molecular weight is 248 g/mol. The molecule has 0 spiro atoms. The molecule has 1 saturated carbocycles. The molecule has 0 saturated heterocycles. The number of carboxylic acid groups (broad SMARTS) is 1. The van der Waals surface area contributed by atoms with Gasteiger partial charge in [-0.15, -0.1) is 0 Å². The summed E-state index contributed by atoms with van der Waals surface area (Å²) in [5.74, 6) is -0.227. The Balaban J connectivity index is 2.21. The van der Waals surface area contributed by atoms with Gasteiger partial charge in [0, 0.05) is 17.4 Å². The molecule has 98 valence electrons. The zero-order valence-corrected chi connectivity index (χ0v) is 10.9. The summed E-state index contributed by atoms with van der Waals surface area (Å²) in [6.45, 7) is 4.09. The molecule has 0 heterocycles. The largest absolute Gasteiger partial charge is 0.478 e. The van der Waals surface area contributed by atoms with Crippen LogP contribution in [0.5, 0.6) is 0 Å². The van der Waals surface area contributed by atoms with Gasteiger partial charge in [0.05, 0.1) is 5.56 Å². The molecule has 1 fully saturated rings. The molecule has 4 N–H and O–H groups in total. The molecule has 1 aliphatic rings. The number of aryl methyl sites for hydroxylation is 1. The predicted octanol–water partition coefficient (Wildman–Crippen LogP) is 2.88. The number of nitrogens with two attached hydrogens (primary N) is 1. The van der Waals surface area contributed by atoms with E-state index in [0.717, 1.165) is 30.0 Å². The molecule has 2 unspecified atom stereocenters.